The Hall–Kier alpha value is -3.94. The molecule has 31 heavy (non-hydrogen) atoms. The van der Waals surface area contributed by atoms with Crippen LogP contribution in [0.15, 0.2) is 70.1 Å². The highest BCUT2D eigenvalue weighted by Gasteiger charge is 2.23. The van der Waals surface area contributed by atoms with Crippen LogP contribution in [-0.4, -0.2) is 53.6 Å². The minimum Gasteiger partial charge on any atom is -0.484 e. The Balaban J connectivity index is 1.21. The third-order valence-electron chi connectivity index (χ3n) is 5.41. The molecule has 0 radical (unpaired) electrons. The van der Waals surface area contributed by atoms with E-state index in [9.17, 15) is 9.59 Å². The number of para-hydroxylation sites is 1. The molecule has 156 valence electrons. The Morgan fingerprint density at radius 3 is 2.68 bits per heavy atom. The molecule has 0 unspecified atom stereocenters. The van der Waals surface area contributed by atoms with Gasteiger partial charge in [-0.1, -0.05) is 12.1 Å². The predicted molar refractivity (Wildman–Crippen MR) is 116 cm³/mol. The van der Waals surface area contributed by atoms with Gasteiger partial charge in [0.2, 0.25) is 0 Å². The van der Waals surface area contributed by atoms with E-state index in [2.05, 4.69) is 14.9 Å². The van der Waals surface area contributed by atoms with E-state index in [0.717, 1.165) is 22.1 Å². The summed E-state index contributed by atoms with van der Waals surface area (Å²) in [6.07, 6.45) is 1.58. The standard InChI is InChI=1S/C23H20N4O4/c28-21(14-30-17-7-5-16-6-8-22(29)31-20(16)13-17)26-9-11-27(12-10-26)23-18-3-1-2-4-19(18)24-15-25-23/h1-8,13,15H,9-12,14H2. The summed E-state index contributed by atoms with van der Waals surface area (Å²) in [5.41, 5.74) is 0.920. The van der Waals surface area contributed by atoms with Crippen molar-refractivity contribution in [2.45, 2.75) is 0 Å². The molecule has 1 amide bonds. The van der Waals surface area contributed by atoms with Gasteiger partial charge >= 0.3 is 5.63 Å². The van der Waals surface area contributed by atoms with Gasteiger partial charge in [0.05, 0.1) is 5.52 Å². The number of nitrogens with zero attached hydrogens (tertiary/aromatic N) is 4. The minimum absolute atomic E-state index is 0.0704. The van der Waals surface area contributed by atoms with Crippen LogP contribution in [0.5, 0.6) is 5.75 Å². The van der Waals surface area contributed by atoms with Gasteiger partial charge < -0.3 is 19.0 Å². The molecule has 3 heterocycles. The van der Waals surface area contributed by atoms with Crippen LogP contribution >= 0.6 is 0 Å². The molecule has 0 N–H and O–H groups in total. The summed E-state index contributed by atoms with van der Waals surface area (Å²) < 4.78 is 10.8. The van der Waals surface area contributed by atoms with Gasteiger partial charge in [0.1, 0.15) is 23.5 Å². The molecule has 1 saturated heterocycles. The largest absolute Gasteiger partial charge is 0.484 e. The van der Waals surface area contributed by atoms with Crippen LogP contribution < -0.4 is 15.3 Å². The molecule has 0 bridgehead atoms. The monoisotopic (exact) mass is 416 g/mol. The van der Waals surface area contributed by atoms with Crippen LogP contribution in [0, 0.1) is 0 Å². The van der Waals surface area contributed by atoms with Gasteiger partial charge in [-0.15, -0.1) is 0 Å². The van der Waals surface area contributed by atoms with Gasteiger partial charge in [-0.25, -0.2) is 14.8 Å². The van der Waals surface area contributed by atoms with Gasteiger partial charge in [-0.3, -0.25) is 4.79 Å². The lowest BCUT2D eigenvalue weighted by molar-refractivity contribution is -0.133. The first-order chi connectivity index (χ1) is 15.2. The van der Waals surface area contributed by atoms with Crippen LogP contribution in [-0.2, 0) is 4.79 Å². The quantitative estimate of drug-likeness (QED) is 0.472. The van der Waals surface area contributed by atoms with Gasteiger partial charge in [-0.05, 0) is 30.3 Å². The average Bonchev–Trinajstić information content (AvgIpc) is 2.82. The molecule has 8 nitrogen and oxygen atoms in total. The number of hydrogen-bond acceptors (Lipinski definition) is 7. The van der Waals surface area contributed by atoms with Crippen molar-refractivity contribution in [2.24, 2.45) is 0 Å². The Kier molecular flexibility index (Phi) is 4.95. The molecule has 0 saturated carbocycles. The maximum atomic E-state index is 12.6. The van der Waals surface area contributed by atoms with Crippen molar-refractivity contribution < 1.29 is 13.9 Å². The number of carbonyl (C=O) groups is 1. The lowest BCUT2D eigenvalue weighted by atomic mass is 10.2. The van der Waals surface area contributed by atoms with Crippen molar-refractivity contribution in [3.05, 3.63) is 71.3 Å². The van der Waals surface area contributed by atoms with Crippen molar-refractivity contribution in [3.8, 4) is 5.75 Å². The number of ether oxygens (including phenoxy) is 1. The minimum atomic E-state index is -0.421. The molecule has 2 aromatic heterocycles. The lowest BCUT2D eigenvalue weighted by Gasteiger charge is -2.35. The molecule has 5 rings (SSSR count). The zero-order chi connectivity index (χ0) is 21.2. The van der Waals surface area contributed by atoms with E-state index in [1.807, 2.05) is 24.3 Å². The average molecular weight is 416 g/mol. The molecule has 0 spiro atoms. The Bertz CT molecular complexity index is 1310. The second kappa shape index (κ2) is 8.06. The fourth-order valence-electron chi connectivity index (χ4n) is 3.78. The first-order valence-corrected chi connectivity index (χ1v) is 10.1. The van der Waals surface area contributed by atoms with Gasteiger partial charge in [0.15, 0.2) is 6.61 Å². The van der Waals surface area contributed by atoms with E-state index in [-0.39, 0.29) is 12.5 Å². The molecule has 1 aliphatic heterocycles. The summed E-state index contributed by atoms with van der Waals surface area (Å²) in [7, 11) is 0. The topological polar surface area (TPSA) is 88.8 Å². The summed E-state index contributed by atoms with van der Waals surface area (Å²) in [5.74, 6) is 1.30. The van der Waals surface area contributed by atoms with E-state index >= 15 is 0 Å². The number of aromatic nitrogens is 2. The van der Waals surface area contributed by atoms with Crippen LogP contribution in [0.3, 0.4) is 0 Å². The third kappa shape index (κ3) is 3.92. The van der Waals surface area contributed by atoms with Gasteiger partial charge in [0.25, 0.3) is 5.91 Å². The van der Waals surface area contributed by atoms with E-state index in [1.165, 1.54) is 6.07 Å². The molecule has 8 heteroatoms. The number of amides is 1. The number of hydrogen-bond donors (Lipinski definition) is 0. The Morgan fingerprint density at radius 1 is 1.00 bits per heavy atom. The third-order valence-corrected chi connectivity index (χ3v) is 5.41. The van der Waals surface area contributed by atoms with Crippen molar-refractivity contribution in [1.82, 2.24) is 14.9 Å². The molecular formula is C23H20N4O4. The fraction of sp³-hybridized carbons (Fsp3) is 0.217. The number of fused-ring (bicyclic) bond motifs is 2. The summed E-state index contributed by atoms with van der Waals surface area (Å²) >= 11 is 0. The van der Waals surface area contributed by atoms with Crippen molar-refractivity contribution in [3.63, 3.8) is 0 Å². The van der Waals surface area contributed by atoms with E-state index in [1.54, 1.807) is 35.5 Å². The van der Waals surface area contributed by atoms with Crippen molar-refractivity contribution >= 4 is 33.6 Å². The first kappa shape index (κ1) is 19.0. The van der Waals surface area contributed by atoms with Crippen molar-refractivity contribution in [1.29, 1.82) is 0 Å². The smallest absolute Gasteiger partial charge is 0.336 e. The maximum absolute atomic E-state index is 12.6. The number of benzene rings is 2. The maximum Gasteiger partial charge on any atom is 0.336 e. The van der Waals surface area contributed by atoms with Gasteiger partial charge in [0, 0.05) is 49.1 Å². The second-order valence-corrected chi connectivity index (χ2v) is 7.32. The highest BCUT2D eigenvalue weighted by Crippen LogP contribution is 2.24. The van der Waals surface area contributed by atoms with Gasteiger partial charge in [-0.2, -0.15) is 0 Å². The number of carbonyl (C=O) groups excluding carboxylic acids is 1. The van der Waals surface area contributed by atoms with Crippen molar-refractivity contribution in [2.75, 3.05) is 37.7 Å². The zero-order valence-electron chi connectivity index (χ0n) is 16.7. The van der Waals surface area contributed by atoms with Crippen LogP contribution in [0.4, 0.5) is 5.82 Å². The molecule has 1 aliphatic rings. The Labute approximate surface area is 177 Å². The lowest BCUT2D eigenvalue weighted by Crippen LogP contribution is -2.50. The van der Waals surface area contributed by atoms with Crippen LogP contribution in [0.25, 0.3) is 21.9 Å². The molecule has 0 aliphatic carbocycles. The van der Waals surface area contributed by atoms with E-state index < -0.39 is 5.63 Å². The molecule has 2 aromatic carbocycles. The number of piperazine rings is 1. The SMILES string of the molecule is O=C(COc1ccc2ccc(=O)oc2c1)N1CCN(c2ncnc3ccccc23)CC1. The summed E-state index contributed by atoms with van der Waals surface area (Å²) in [4.78, 5) is 36.8. The molecule has 1 fully saturated rings. The molecule has 0 atom stereocenters. The highest BCUT2D eigenvalue weighted by molar-refractivity contribution is 5.89. The van der Waals surface area contributed by atoms with Crippen LogP contribution in [0.2, 0.25) is 0 Å². The summed E-state index contributed by atoms with van der Waals surface area (Å²) in [6, 6.07) is 16.2. The van der Waals surface area contributed by atoms with E-state index in [0.29, 0.717) is 37.5 Å². The normalized spacial score (nSPS) is 14.2. The first-order valence-electron chi connectivity index (χ1n) is 10.1. The summed E-state index contributed by atoms with van der Waals surface area (Å²) in [5, 5.41) is 1.81. The number of anilines is 1. The number of rotatable bonds is 4. The summed E-state index contributed by atoms with van der Waals surface area (Å²) in [6.45, 7) is 2.49. The fourth-order valence-corrected chi connectivity index (χ4v) is 3.78. The second-order valence-electron chi connectivity index (χ2n) is 7.32. The Morgan fingerprint density at radius 2 is 1.81 bits per heavy atom. The van der Waals surface area contributed by atoms with E-state index in [4.69, 9.17) is 9.15 Å². The molecule has 4 aromatic rings. The zero-order valence-corrected chi connectivity index (χ0v) is 16.7. The highest BCUT2D eigenvalue weighted by atomic mass is 16.5. The van der Waals surface area contributed by atoms with Crippen LogP contribution in [0.1, 0.15) is 0 Å². The predicted octanol–water partition coefficient (Wildman–Crippen LogP) is 2.46. The molecular weight excluding hydrogens is 396 g/mol.